The van der Waals surface area contributed by atoms with Gasteiger partial charge in [0.15, 0.2) is 0 Å². The van der Waals surface area contributed by atoms with Gasteiger partial charge < -0.3 is 10.0 Å². The minimum absolute atomic E-state index is 0.0923. The van der Waals surface area contributed by atoms with Crippen LogP contribution in [0, 0.1) is 19.8 Å². The lowest BCUT2D eigenvalue weighted by molar-refractivity contribution is -0.149. The fourth-order valence-electron chi connectivity index (χ4n) is 4.31. The van der Waals surface area contributed by atoms with Crippen LogP contribution in [0.1, 0.15) is 42.3 Å². The van der Waals surface area contributed by atoms with Crippen molar-refractivity contribution in [3.63, 3.8) is 0 Å². The fraction of sp³-hybridized carbons (Fsp3) is 0.500. The molecule has 2 aromatic rings. The normalized spacial score (nSPS) is 17.4. The zero-order chi connectivity index (χ0) is 20.5. The molecule has 1 aromatic heterocycles. The lowest BCUT2D eigenvalue weighted by Gasteiger charge is -2.40. The molecule has 3 rings (SSSR count). The first-order valence-corrected chi connectivity index (χ1v) is 9.83. The molecule has 1 N–H and O–H groups in total. The third kappa shape index (κ3) is 3.55. The molecule has 1 saturated heterocycles. The van der Waals surface area contributed by atoms with Crippen molar-refractivity contribution in [2.45, 2.75) is 45.4 Å². The van der Waals surface area contributed by atoms with Crippen molar-refractivity contribution in [2.75, 3.05) is 13.1 Å². The smallest absolute Gasteiger partial charge is 0.314 e. The number of piperidine rings is 1. The van der Waals surface area contributed by atoms with Crippen LogP contribution in [-0.2, 0) is 28.5 Å². The molecular formula is C22H29N3O3. The molecule has 1 aromatic carbocycles. The lowest BCUT2D eigenvalue weighted by atomic mass is 9.72. The van der Waals surface area contributed by atoms with E-state index in [2.05, 4.69) is 5.10 Å². The van der Waals surface area contributed by atoms with Crippen molar-refractivity contribution in [3.05, 3.63) is 52.8 Å². The van der Waals surface area contributed by atoms with Crippen molar-refractivity contribution < 1.29 is 14.7 Å². The monoisotopic (exact) mass is 383 g/mol. The van der Waals surface area contributed by atoms with Gasteiger partial charge in [-0.2, -0.15) is 5.10 Å². The lowest BCUT2D eigenvalue weighted by Crippen LogP contribution is -2.50. The Balaban J connectivity index is 1.70. The Bertz CT molecular complexity index is 865. The number of hydrogen-bond acceptors (Lipinski definition) is 3. The van der Waals surface area contributed by atoms with Crippen molar-refractivity contribution >= 4 is 11.9 Å². The molecule has 0 bridgehead atoms. The Morgan fingerprint density at radius 1 is 1.18 bits per heavy atom. The molecule has 1 atom stereocenters. The van der Waals surface area contributed by atoms with Crippen molar-refractivity contribution in [1.82, 2.24) is 14.7 Å². The van der Waals surface area contributed by atoms with Crippen LogP contribution >= 0.6 is 0 Å². The second-order valence-electron chi connectivity index (χ2n) is 7.96. The number of carboxylic acid groups (broad SMARTS) is 1. The second kappa shape index (κ2) is 7.78. The van der Waals surface area contributed by atoms with E-state index in [-0.39, 0.29) is 11.8 Å². The Morgan fingerprint density at radius 3 is 2.29 bits per heavy atom. The van der Waals surface area contributed by atoms with Crippen LogP contribution in [-0.4, -0.2) is 44.8 Å². The van der Waals surface area contributed by atoms with Crippen LogP contribution in [0.3, 0.4) is 0 Å². The molecule has 0 spiro atoms. The maximum absolute atomic E-state index is 13.0. The van der Waals surface area contributed by atoms with Gasteiger partial charge in [0.2, 0.25) is 5.91 Å². The number of benzene rings is 1. The molecule has 6 heteroatoms. The van der Waals surface area contributed by atoms with Crippen LogP contribution in [0.5, 0.6) is 0 Å². The molecule has 1 fully saturated rings. The van der Waals surface area contributed by atoms with Gasteiger partial charge in [-0.1, -0.05) is 37.3 Å². The van der Waals surface area contributed by atoms with Crippen molar-refractivity contribution in [1.29, 1.82) is 0 Å². The third-order valence-corrected chi connectivity index (χ3v) is 6.26. The number of hydrogen-bond donors (Lipinski definition) is 1. The number of likely N-dealkylation sites (tertiary alicyclic amines) is 1. The number of carboxylic acids is 1. The van der Waals surface area contributed by atoms with Gasteiger partial charge in [0.1, 0.15) is 0 Å². The van der Waals surface area contributed by atoms with Gasteiger partial charge in [0.25, 0.3) is 0 Å². The fourth-order valence-corrected chi connectivity index (χ4v) is 4.31. The molecule has 28 heavy (non-hydrogen) atoms. The molecule has 0 saturated carbocycles. The zero-order valence-electron chi connectivity index (χ0n) is 17.1. The number of aliphatic carboxylic acids is 1. The van der Waals surface area contributed by atoms with Crippen LogP contribution in [0.15, 0.2) is 30.3 Å². The number of aryl methyl sites for hydroxylation is 2. The molecule has 1 amide bonds. The van der Waals surface area contributed by atoms with Crippen LogP contribution in [0.2, 0.25) is 0 Å². The molecule has 1 unspecified atom stereocenters. The van der Waals surface area contributed by atoms with E-state index in [1.54, 1.807) is 0 Å². The quantitative estimate of drug-likeness (QED) is 0.861. The summed E-state index contributed by atoms with van der Waals surface area (Å²) < 4.78 is 1.85. The molecule has 0 radical (unpaired) electrons. The summed E-state index contributed by atoms with van der Waals surface area (Å²) in [5, 5.41) is 14.4. The predicted molar refractivity (Wildman–Crippen MR) is 107 cm³/mol. The Morgan fingerprint density at radius 2 is 1.79 bits per heavy atom. The van der Waals surface area contributed by atoms with E-state index in [1.807, 2.05) is 67.7 Å². The number of aromatic nitrogens is 2. The van der Waals surface area contributed by atoms with E-state index in [0.29, 0.717) is 32.4 Å². The van der Waals surface area contributed by atoms with Gasteiger partial charge in [0, 0.05) is 31.7 Å². The topological polar surface area (TPSA) is 75.4 Å². The van der Waals surface area contributed by atoms with Crippen molar-refractivity contribution in [2.24, 2.45) is 13.0 Å². The van der Waals surface area contributed by atoms with Gasteiger partial charge in [-0.05, 0) is 44.2 Å². The summed E-state index contributed by atoms with van der Waals surface area (Å²) in [5.41, 5.74) is 3.10. The minimum atomic E-state index is -0.905. The van der Waals surface area contributed by atoms with Gasteiger partial charge in [-0.15, -0.1) is 0 Å². The molecule has 1 aliphatic rings. The molecule has 1 aliphatic heterocycles. The van der Waals surface area contributed by atoms with Gasteiger partial charge in [-0.3, -0.25) is 14.3 Å². The number of rotatable bonds is 5. The first kappa shape index (κ1) is 20.1. The zero-order valence-corrected chi connectivity index (χ0v) is 17.1. The number of carbonyl (C=O) groups excluding carboxylic acids is 1. The minimum Gasteiger partial charge on any atom is -0.481 e. The Labute approximate surface area is 166 Å². The Kier molecular flexibility index (Phi) is 5.59. The summed E-state index contributed by atoms with van der Waals surface area (Å²) in [6.07, 6.45) is 1.54. The van der Waals surface area contributed by atoms with E-state index in [9.17, 15) is 14.7 Å². The standard InChI is InChI=1S/C22H29N3O3/c1-15(14-19-16(2)23-24(4)17(19)3)20(26)25-12-10-22(11-13-25,21(27)28)18-8-6-5-7-9-18/h5-9,15H,10-14H2,1-4H3,(H,27,28). The number of carbonyl (C=O) groups is 2. The van der Waals surface area contributed by atoms with Crippen LogP contribution < -0.4 is 0 Å². The van der Waals surface area contributed by atoms with E-state index in [4.69, 9.17) is 0 Å². The van der Waals surface area contributed by atoms with Crippen LogP contribution in [0.4, 0.5) is 0 Å². The largest absolute Gasteiger partial charge is 0.481 e. The predicted octanol–water partition coefficient (Wildman–Crippen LogP) is 2.86. The number of amides is 1. The van der Waals surface area contributed by atoms with Gasteiger partial charge >= 0.3 is 5.97 Å². The first-order chi connectivity index (χ1) is 13.3. The van der Waals surface area contributed by atoms with Crippen molar-refractivity contribution in [3.8, 4) is 0 Å². The van der Waals surface area contributed by atoms with Crippen LogP contribution in [0.25, 0.3) is 0 Å². The molecular weight excluding hydrogens is 354 g/mol. The summed E-state index contributed by atoms with van der Waals surface area (Å²) >= 11 is 0. The summed E-state index contributed by atoms with van der Waals surface area (Å²) in [6.45, 7) is 6.88. The summed E-state index contributed by atoms with van der Waals surface area (Å²) in [5.74, 6) is -0.870. The molecule has 150 valence electrons. The summed E-state index contributed by atoms with van der Waals surface area (Å²) in [6, 6.07) is 9.39. The first-order valence-electron chi connectivity index (χ1n) is 9.83. The highest BCUT2D eigenvalue weighted by molar-refractivity contribution is 5.83. The highest BCUT2D eigenvalue weighted by atomic mass is 16.4. The number of nitrogens with zero attached hydrogens (tertiary/aromatic N) is 3. The second-order valence-corrected chi connectivity index (χ2v) is 7.96. The molecule has 0 aliphatic carbocycles. The highest BCUT2D eigenvalue weighted by Crippen LogP contribution is 2.36. The highest BCUT2D eigenvalue weighted by Gasteiger charge is 2.44. The Hall–Kier alpha value is -2.63. The molecule has 2 heterocycles. The van der Waals surface area contributed by atoms with E-state index in [0.717, 1.165) is 22.5 Å². The maximum Gasteiger partial charge on any atom is 0.314 e. The van der Waals surface area contributed by atoms with E-state index >= 15 is 0 Å². The third-order valence-electron chi connectivity index (χ3n) is 6.26. The molecule has 6 nitrogen and oxygen atoms in total. The average molecular weight is 383 g/mol. The van der Waals surface area contributed by atoms with E-state index in [1.165, 1.54) is 0 Å². The summed E-state index contributed by atoms with van der Waals surface area (Å²) in [4.78, 5) is 26.9. The maximum atomic E-state index is 13.0. The van der Waals surface area contributed by atoms with Gasteiger partial charge in [-0.25, -0.2) is 0 Å². The van der Waals surface area contributed by atoms with Gasteiger partial charge in [0.05, 0.1) is 11.1 Å². The average Bonchev–Trinajstić information content (AvgIpc) is 2.94. The SMILES string of the molecule is Cc1nn(C)c(C)c1CC(C)C(=O)N1CCC(C(=O)O)(c2ccccc2)CC1. The summed E-state index contributed by atoms with van der Waals surface area (Å²) in [7, 11) is 1.91. The van der Waals surface area contributed by atoms with E-state index < -0.39 is 11.4 Å².